The van der Waals surface area contributed by atoms with Crippen molar-refractivity contribution in [3.63, 3.8) is 0 Å². The van der Waals surface area contributed by atoms with Gasteiger partial charge >= 0.3 is 0 Å². The summed E-state index contributed by atoms with van der Waals surface area (Å²) < 4.78 is 10.8. The van der Waals surface area contributed by atoms with Gasteiger partial charge in [-0.05, 0) is 34.5 Å². The van der Waals surface area contributed by atoms with Gasteiger partial charge in [0, 0.05) is 25.2 Å². The van der Waals surface area contributed by atoms with Crippen molar-refractivity contribution in [3.05, 3.63) is 77.9 Å². The van der Waals surface area contributed by atoms with E-state index in [9.17, 15) is 4.79 Å². The Morgan fingerprint density at radius 3 is 2.52 bits per heavy atom. The van der Waals surface area contributed by atoms with E-state index >= 15 is 0 Å². The minimum Gasteiger partial charge on any atom is -0.497 e. The third kappa shape index (κ3) is 4.42. The zero-order valence-corrected chi connectivity index (χ0v) is 16.6. The fourth-order valence-corrected chi connectivity index (χ4v) is 3.88. The van der Waals surface area contributed by atoms with Gasteiger partial charge in [-0.15, -0.1) is 0 Å². The van der Waals surface area contributed by atoms with E-state index in [0.29, 0.717) is 25.3 Å². The Morgan fingerprint density at radius 2 is 1.76 bits per heavy atom. The molecular weight excluding hydrogens is 364 g/mol. The summed E-state index contributed by atoms with van der Waals surface area (Å²) in [5, 5.41) is 5.20. The molecule has 0 saturated carbocycles. The first kappa shape index (κ1) is 19.4. The standard InChI is InChI=1S/C24H26N2O3/c1-28-20-11-9-19(10-12-20)23(26-13-15-29-16-14-26)17-25-24(27)22-8-4-6-18-5-2-3-7-21(18)22/h2-12,23H,13-17H2,1H3,(H,25,27). The lowest BCUT2D eigenvalue weighted by Gasteiger charge is -2.35. The molecule has 1 N–H and O–H groups in total. The second-order valence-electron chi connectivity index (χ2n) is 7.17. The van der Waals surface area contributed by atoms with Gasteiger partial charge in [-0.2, -0.15) is 0 Å². The molecule has 1 unspecified atom stereocenters. The predicted octanol–water partition coefficient (Wildman–Crippen LogP) is 3.65. The number of morpholine rings is 1. The lowest BCUT2D eigenvalue weighted by Crippen LogP contribution is -2.43. The lowest BCUT2D eigenvalue weighted by atomic mass is 10.0. The Bertz CT molecular complexity index is 960. The largest absolute Gasteiger partial charge is 0.497 e. The molecule has 1 fully saturated rings. The molecule has 3 aromatic carbocycles. The van der Waals surface area contributed by atoms with Crippen molar-refractivity contribution >= 4 is 16.7 Å². The van der Waals surface area contributed by atoms with Crippen LogP contribution in [-0.4, -0.2) is 50.8 Å². The molecule has 0 aliphatic carbocycles. The van der Waals surface area contributed by atoms with Gasteiger partial charge in [-0.1, -0.05) is 48.5 Å². The van der Waals surface area contributed by atoms with Crippen molar-refractivity contribution in [2.24, 2.45) is 0 Å². The second-order valence-corrected chi connectivity index (χ2v) is 7.17. The number of ether oxygens (including phenoxy) is 2. The van der Waals surface area contributed by atoms with Gasteiger partial charge < -0.3 is 14.8 Å². The van der Waals surface area contributed by atoms with Crippen molar-refractivity contribution in [3.8, 4) is 5.75 Å². The summed E-state index contributed by atoms with van der Waals surface area (Å²) in [4.78, 5) is 15.4. The van der Waals surface area contributed by atoms with Crippen molar-refractivity contribution in [2.45, 2.75) is 6.04 Å². The van der Waals surface area contributed by atoms with Crippen molar-refractivity contribution in [1.82, 2.24) is 10.2 Å². The topological polar surface area (TPSA) is 50.8 Å². The Kier molecular flexibility index (Phi) is 6.08. The van der Waals surface area contributed by atoms with Gasteiger partial charge in [0.2, 0.25) is 0 Å². The number of nitrogens with zero attached hydrogens (tertiary/aromatic N) is 1. The highest BCUT2D eigenvalue weighted by molar-refractivity contribution is 6.07. The summed E-state index contributed by atoms with van der Waals surface area (Å²) in [7, 11) is 1.67. The third-order valence-corrected chi connectivity index (χ3v) is 5.48. The van der Waals surface area contributed by atoms with Crippen LogP contribution in [0.4, 0.5) is 0 Å². The number of hydrogen-bond acceptors (Lipinski definition) is 4. The normalized spacial score (nSPS) is 15.8. The van der Waals surface area contributed by atoms with Crippen molar-refractivity contribution in [2.75, 3.05) is 40.0 Å². The number of methoxy groups -OCH3 is 1. The first-order chi connectivity index (χ1) is 14.3. The van der Waals surface area contributed by atoms with Crippen molar-refractivity contribution < 1.29 is 14.3 Å². The minimum atomic E-state index is -0.0476. The van der Waals surface area contributed by atoms with Gasteiger partial charge in [0.05, 0.1) is 26.4 Å². The summed E-state index contributed by atoms with van der Waals surface area (Å²) in [6.45, 7) is 3.66. The summed E-state index contributed by atoms with van der Waals surface area (Å²) in [5.41, 5.74) is 1.87. The van der Waals surface area contributed by atoms with Gasteiger partial charge in [0.1, 0.15) is 5.75 Å². The maximum Gasteiger partial charge on any atom is 0.251 e. The first-order valence-electron chi connectivity index (χ1n) is 9.98. The molecule has 0 bridgehead atoms. The van der Waals surface area contributed by atoms with Crippen LogP contribution in [0.25, 0.3) is 10.8 Å². The second kappa shape index (κ2) is 9.07. The van der Waals surface area contributed by atoms with Crippen LogP contribution in [0.3, 0.4) is 0 Å². The van der Waals surface area contributed by atoms with Crippen LogP contribution in [0, 0.1) is 0 Å². The highest BCUT2D eigenvalue weighted by Crippen LogP contribution is 2.24. The molecule has 0 spiro atoms. The zero-order chi connectivity index (χ0) is 20.1. The van der Waals surface area contributed by atoms with E-state index in [1.807, 2.05) is 54.6 Å². The number of fused-ring (bicyclic) bond motifs is 1. The van der Waals surface area contributed by atoms with Gasteiger partial charge in [-0.3, -0.25) is 9.69 Å². The third-order valence-electron chi connectivity index (χ3n) is 5.48. The molecule has 1 atom stereocenters. The molecule has 150 valence electrons. The molecule has 1 saturated heterocycles. The molecular formula is C24H26N2O3. The maximum atomic E-state index is 13.0. The molecule has 3 aromatic rings. The number of nitrogens with one attached hydrogen (secondary N) is 1. The van der Waals surface area contributed by atoms with Crippen molar-refractivity contribution in [1.29, 1.82) is 0 Å². The van der Waals surface area contributed by atoms with Gasteiger partial charge in [0.25, 0.3) is 5.91 Å². The van der Waals surface area contributed by atoms with Crippen LogP contribution in [-0.2, 0) is 4.74 Å². The number of hydrogen-bond donors (Lipinski definition) is 1. The molecule has 1 heterocycles. The SMILES string of the molecule is COc1ccc(C(CNC(=O)c2cccc3ccccc23)N2CCOCC2)cc1. The molecule has 1 amide bonds. The van der Waals surface area contributed by atoms with E-state index in [4.69, 9.17) is 9.47 Å². The van der Waals surface area contributed by atoms with E-state index in [0.717, 1.165) is 35.2 Å². The molecule has 4 rings (SSSR count). The van der Waals surface area contributed by atoms with Crippen LogP contribution < -0.4 is 10.1 Å². The first-order valence-corrected chi connectivity index (χ1v) is 9.98. The van der Waals surface area contributed by atoms with E-state index in [2.05, 4.69) is 22.3 Å². The molecule has 0 radical (unpaired) electrons. The van der Waals surface area contributed by atoms with Crippen LogP contribution in [0.15, 0.2) is 66.7 Å². The molecule has 5 nitrogen and oxygen atoms in total. The summed E-state index contributed by atoms with van der Waals surface area (Å²) in [6, 6.07) is 22.0. The van der Waals surface area contributed by atoms with Gasteiger partial charge in [0.15, 0.2) is 0 Å². The average Bonchev–Trinajstić information content (AvgIpc) is 2.80. The quantitative estimate of drug-likeness (QED) is 0.698. The molecule has 1 aliphatic rings. The Hall–Kier alpha value is -2.89. The predicted molar refractivity (Wildman–Crippen MR) is 114 cm³/mol. The zero-order valence-electron chi connectivity index (χ0n) is 16.6. The van der Waals surface area contributed by atoms with Crippen LogP contribution in [0.1, 0.15) is 22.0 Å². The number of amides is 1. The Morgan fingerprint density at radius 1 is 1.03 bits per heavy atom. The van der Waals surface area contributed by atoms with E-state index < -0.39 is 0 Å². The summed E-state index contributed by atoms with van der Waals surface area (Å²) >= 11 is 0. The van der Waals surface area contributed by atoms with Gasteiger partial charge in [-0.25, -0.2) is 0 Å². The number of benzene rings is 3. The fourth-order valence-electron chi connectivity index (χ4n) is 3.88. The highest BCUT2D eigenvalue weighted by atomic mass is 16.5. The number of carbonyl (C=O) groups is 1. The maximum absolute atomic E-state index is 13.0. The summed E-state index contributed by atoms with van der Waals surface area (Å²) in [6.07, 6.45) is 0. The summed E-state index contributed by atoms with van der Waals surface area (Å²) in [5.74, 6) is 0.780. The van der Waals surface area contributed by atoms with Crippen LogP contribution in [0.5, 0.6) is 5.75 Å². The highest BCUT2D eigenvalue weighted by Gasteiger charge is 2.23. The van der Waals surface area contributed by atoms with E-state index in [1.54, 1.807) is 7.11 Å². The van der Waals surface area contributed by atoms with E-state index in [-0.39, 0.29) is 11.9 Å². The lowest BCUT2D eigenvalue weighted by molar-refractivity contribution is 0.0162. The minimum absolute atomic E-state index is 0.0476. The molecule has 0 aromatic heterocycles. The fraction of sp³-hybridized carbons (Fsp3) is 0.292. The monoisotopic (exact) mass is 390 g/mol. The number of rotatable bonds is 6. The molecule has 29 heavy (non-hydrogen) atoms. The van der Waals surface area contributed by atoms with E-state index in [1.165, 1.54) is 0 Å². The average molecular weight is 390 g/mol. The van der Waals surface area contributed by atoms with Crippen LogP contribution in [0.2, 0.25) is 0 Å². The van der Waals surface area contributed by atoms with Crippen LogP contribution >= 0.6 is 0 Å². The Balaban J connectivity index is 1.54. The smallest absolute Gasteiger partial charge is 0.251 e. The Labute approximate surface area is 171 Å². The molecule has 1 aliphatic heterocycles. The number of carbonyl (C=O) groups excluding carboxylic acids is 1. The molecule has 5 heteroatoms.